The average Bonchev–Trinajstić information content (AvgIpc) is 2.83. The Bertz CT molecular complexity index is 690. The molecule has 0 spiro atoms. The first kappa shape index (κ1) is 15.7. The molecule has 1 heterocycles. The van der Waals surface area contributed by atoms with Crippen molar-refractivity contribution >= 4 is 9.84 Å². The first-order chi connectivity index (χ1) is 9.90. The standard InChI is InChI=1S/C15H21N3O2S/c1-4-16-15(9-12-10-17-18(2)11-12)13-5-7-14(8-6-13)21(3,19)20/h5-8,10-11,15-16H,4,9H2,1-3H3. The van der Waals surface area contributed by atoms with Crippen molar-refractivity contribution in [3.05, 3.63) is 47.8 Å². The Kier molecular flexibility index (Phi) is 4.80. The average molecular weight is 307 g/mol. The van der Waals surface area contributed by atoms with E-state index in [-0.39, 0.29) is 6.04 Å². The molecule has 0 aliphatic carbocycles. The monoisotopic (exact) mass is 307 g/mol. The predicted molar refractivity (Wildman–Crippen MR) is 82.9 cm³/mol. The highest BCUT2D eigenvalue weighted by atomic mass is 32.2. The van der Waals surface area contributed by atoms with E-state index in [1.807, 2.05) is 31.6 Å². The Hall–Kier alpha value is -1.66. The molecule has 1 N–H and O–H groups in total. The zero-order chi connectivity index (χ0) is 15.5. The molecule has 1 aromatic heterocycles. The molecule has 1 aromatic carbocycles. The molecule has 0 amide bonds. The minimum Gasteiger partial charge on any atom is -0.310 e. The van der Waals surface area contributed by atoms with Crippen molar-refractivity contribution in [2.24, 2.45) is 7.05 Å². The molecular weight excluding hydrogens is 286 g/mol. The summed E-state index contributed by atoms with van der Waals surface area (Å²) in [6, 6.07) is 7.23. The van der Waals surface area contributed by atoms with Gasteiger partial charge in [-0.05, 0) is 36.2 Å². The molecule has 1 unspecified atom stereocenters. The minimum atomic E-state index is -3.15. The van der Waals surface area contributed by atoms with Gasteiger partial charge in [0.15, 0.2) is 9.84 Å². The van der Waals surface area contributed by atoms with Crippen molar-refractivity contribution in [1.29, 1.82) is 0 Å². The van der Waals surface area contributed by atoms with Crippen LogP contribution in [-0.2, 0) is 23.3 Å². The lowest BCUT2D eigenvalue weighted by Crippen LogP contribution is -2.22. The summed E-state index contributed by atoms with van der Waals surface area (Å²) in [5.41, 5.74) is 2.23. The van der Waals surface area contributed by atoms with E-state index in [1.165, 1.54) is 6.26 Å². The van der Waals surface area contributed by atoms with Crippen molar-refractivity contribution in [2.75, 3.05) is 12.8 Å². The number of likely N-dealkylation sites (N-methyl/N-ethyl adjacent to an activating group) is 1. The highest BCUT2D eigenvalue weighted by molar-refractivity contribution is 7.90. The number of aromatic nitrogens is 2. The number of sulfone groups is 1. The van der Waals surface area contributed by atoms with Crippen LogP contribution in [0.25, 0.3) is 0 Å². The largest absolute Gasteiger partial charge is 0.310 e. The SMILES string of the molecule is CCNC(Cc1cnn(C)c1)c1ccc(S(C)(=O)=O)cc1. The van der Waals surface area contributed by atoms with E-state index >= 15 is 0 Å². The highest BCUT2D eigenvalue weighted by Gasteiger charge is 2.14. The number of rotatable bonds is 6. The van der Waals surface area contributed by atoms with Crippen LogP contribution >= 0.6 is 0 Å². The van der Waals surface area contributed by atoms with E-state index in [0.29, 0.717) is 4.90 Å². The zero-order valence-corrected chi connectivity index (χ0v) is 13.4. The van der Waals surface area contributed by atoms with Crippen LogP contribution in [0, 0.1) is 0 Å². The maximum Gasteiger partial charge on any atom is 0.175 e. The van der Waals surface area contributed by atoms with E-state index in [4.69, 9.17) is 0 Å². The van der Waals surface area contributed by atoms with Gasteiger partial charge >= 0.3 is 0 Å². The van der Waals surface area contributed by atoms with Crippen LogP contribution in [0.2, 0.25) is 0 Å². The van der Waals surface area contributed by atoms with E-state index in [0.717, 1.165) is 24.1 Å². The van der Waals surface area contributed by atoms with Crippen LogP contribution in [-0.4, -0.2) is 31.0 Å². The van der Waals surface area contributed by atoms with Crippen LogP contribution in [0.1, 0.15) is 24.1 Å². The lowest BCUT2D eigenvalue weighted by molar-refractivity contribution is 0.549. The first-order valence-electron chi connectivity index (χ1n) is 6.91. The van der Waals surface area contributed by atoms with Gasteiger partial charge in [-0.15, -0.1) is 0 Å². The summed E-state index contributed by atoms with van der Waals surface area (Å²) < 4.78 is 24.8. The van der Waals surface area contributed by atoms with Gasteiger partial charge in [-0.2, -0.15) is 5.10 Å². The van der Waals surface area contributed by atoms with Gasteiger partial charge < -0.3 is 5.32 Å². The Morgan fingerprint density at radius 2 is 1.95 bits per heavy atom. The number of benzene rings is 1. The van der Waals surface area contributed by atoms with Gasteiger partial charge in [-0.3, -0.25) is 4.68 Å². The fraction of sp³-hybridized carbons (Fsp3) is 0.400. The molecular formula is C15H21N3O2S. The minimum absolute atomic E-state index is 0.146. The third-order valence-electron chi connectivity index (χ3n) is 3.36. The van der Waals surface area contributed by atoms with Crippen molar-refractivity contribution < 1.29 is 8.42 Å². The van der Waals surface area contributed by atoms with Gasteiger partial charge in [0.1, 0.15) is 0 Å². The second kappa shape index (κ2) is 6.41. The molecule has 2 rings (SSSR count). The third kappa shape index (κ3) is 4.15. The number of hydrogen-bond donors (Lipinski definition) is 1. The zero-order valence-electron chi connectivity index (χ0n) is 12.6. The molecule has 114 valence electrons. The van der Waals surface area contributed by atoms with Crippen molar-refractivity contribution in [2.45, 2.75) is 24.3 Å². The number of nitrogens with zero attached hydrogens (tertiary/aromatic N) is 2. The molecule has 1 atom stereocenters. The predicted octanol–water partition coefficient (Wildman–Crippen LogP) is 1.72. The summed E-state index contributed by atoms with van der Waals surface area (Å²) >= 11 is 0. The summed E-state index contributed by atoms with van der Waals surface area (Å²) in [7, 11) is -1.25. The molecule has 0 fully saturated rings. The molecule has 2 aromatic rings. The number of aryl methyl sites for hydroxylation is 1. The molecule has 6 heteroatoms. The molecule has 0 bridgehead atoms. The van der Waals surface area contributed by atoms with Crippen LogP contribution in [0.3, 0.4) is 0 Å². The van der Waals surface area contributed by atoms with Crippen LogP contribution < -0.4 is 5.32 Å². The first-order valence-corrected chi connectivity index (χ1v) is 8.80. The van der Waals surface area contributed by atoms with Crippen LogP contribution in [0.5, 0.6) is 0 Å². The Balaban J connectivity index is 2.21. The Morgan fingerprint density at radius 3 is 2.43 bits per heavy atom. The van der Waals surface area contributed by atoms with Gasteiger partial charge in [-0.25, -0.2) is 8.42 Å². The summed E-state index contributed by atoms with van der Waals surface area (Å²) in [5.74, 6) is 0. The van der Waals surface area contributed by atoms with Gasteiger partial charge in [0.25, 0.3) is 0 Å². The second-order valence-electron chi connectivity index (χ2n) is 5.18. The normalized spacial score (nSPS) is 13.3. The van der Waals surface area contributed by atoms with Gasteiger partial charge in [0.05, 0.1) is 11.1 Å². The lowest BCUT2D eigenvalue weighted by Gasteiger charge is -2.18. The van der Waals surface area contributed by atoms with Crippen molar-refractivity contribution in [1.82, 2.24) is 15.1 Å². The lowest BCUT2D eigenvalue weighted by atomic mass is 10.0. The van der Waals surface area contributed by atoms with Crippen molar-refractivity contribution in [3.63, 3.8) is 0 Å². The molecule has 21 heavy (non-hydrogen) atoms. The van der Waals surface area contributed by atoms with Crippen molar-refractivity contribution in [3.8, 4) is 0 Å². The number of hydrogen-bond acceptors (Lipinski definition) is 4. The van der Waals surface area contributed by atoms with Crippen LogP contribution in [0.4, 0.5) is 0 Å². The van der Waals surface area contributed by atoms with Gasteiger partial charge in [0.2, 0.25) is 0 Å². The van der Waals surface area contributed by atoms with E-state index in [9.17, 15) is 8.42 Å². The summed E-state index contributed by atoms with van der Waals surface area (Å²) in [5, 5.41) is 7.61. The smallest absolute Gasteiger partial charge is 0.175 e. The molecule has 0 radical (unpaired) electrons. The molecule has 0 saturated heterocycles. The second-order valence-corrected chi connectivity index (χ2v) is 7.19. The van der Waals surface area contributed by atoms with E-state index < -0.39 is 9.84 Å². The summed E-state index contributed by atoms with van der Waals surface area (Å²) in [4.78, 5) is 0.350. The topological polar surface area (TPSA) is 64.0 Å². The highest BCUT2D eigenvalue weighted by Crippen LogP contribution is 2.20. The molecule has 0 aliphatic rings. The van der Waals surface area contributed by atoms with Crippen LogP contribution in [0.15, 0.2) is 41.6 Å². The maximum absolute atomic E-state index is 11.5. The molecule has 5 nitrogen and oxygen atoms in total. The third-order valence-corrected chi connectivity index (χ3v) is 4.49. The van der Waals surface area contributed by atoms with Gasteiger partial charge in [0, 0.05) is 25.5 Å². The fourth-order valence-corrected chi connectivity index (χ4v) is 2.95. The quantitative estimate of drug-likeness (QED) is 0.882. The molecule has 0 aliphatic heterocycles. The number of nitrogens with one attached hydrogen (secondary N) is 1. The Morgan fingerprint density at radius 1 is 1.29 bits per heavy atom. The Labute approximate surface area is 125 Å². The van der Waals surface area contributed by atoms with E-state index in [1.54, 1.807) is 16.8 Å². The van der Waals surface area contributed by atoms with Gasteiger partial charge in [-0.1, -0.05) is 19.1 Å². The fourth-order valence-electron chi connectivity index (χ4n) is 2.31. The summed E-state index contributed by atoms with van der Waals surface area (Å²) in [6.07, 6.45) is 5.89. The summed E-state index contributed by atoms with van der Waals surface area (Å²) in [6.45, 7) is 2.90. The van der Waals surface area contributed by atoms with E-state index in [2.05, 4.69) is 17.3 Å². The maximum atomic E-state index is 11.5. The molecule has 0 saturated carbocycles.